The van der Waals surface area contributed by atoms with Crippen LogP contribution >= 0.6 is 11.3 Å². The minimum atomic E-state index is -3.87. The first-order valence-electron chi connectivity index (χ1n) is 9.61. The van der Waals surface area contributed by atoms with Gasteiger partial charge in [-0.25, -0.2) is 12.8 Å². The zero-order valence-electron chi connectivity index (χ0n) is 16.6. The van der Waals surface area contributed by atoms with E-state index in [0.29, 0.717) is 5.69 Å². The van der Waals surface area contributed by atoms with Crippen molar-refractivity contribution in [3.63, 3.8) is 0 Å². The lowest BCUT2D eigenvalue weighted by Crippen LogP contribution is -2.32. The zero-order valence-corrected chi connectivity index (χ0v) is 18.2. The summed E-state index contributed by atoms with van der Waals surface area (Å²) in [5, 5.41) is 1.88. The minimum Gasteiger partial charge on any atom is -0.497 e. The number of fused-ring (bicyclic) bond motifs is 3. The molecule has 3 aromatic carbocycles. The molecule has 4 nitrogen and oxygen atoms in total. The standard InChI is InChI=1S/C24H18FNO3S2/c1-29-19-7-4-6-16(13-19)24-23-21-8-3-2-5-17(21)14-26(22(23)15-30-24)31(27,28)20-11-9-18(25)10-12-20/h2-13,15H,14H2,1H3. The highest BCUT2D eigenvalue weighted by Gasteiger charge is 2.34. The van der Waals surface area contributed by atoms with Crippen LogP contribution in [0.15, 0.2) is 83.1 Å². The second-order valence-electron chi connectivity index (χ2n) is 7.18. The van der Waals surface area contributed by atoms with Gasteiger partial charge in [0.2, 0.25) is 0 Å². The fourth-order valence-electron chi connectivity index (χ4n) is 3.86. The van der Waals surface area contributed by atoms with Crippen LogP contribution in [0, 0.1) is 5.82 Å². The van der Waals surface area contributed by atoms with E-state index in [9.17, 15) is 12.8 Å². The topological polar surface area (TPSA) is 46.6 Å². The summed E-state index contributed by atoms with van der Waals surface area (Å²) < 4.78 is 47.2. The highest BCUT2D eigenvalue weighted by molar-refractivity contribution is 7.92. The summed E-state index contributed by atoms with van der Waals surface area (Å²) in [7, 11) is -2.25. The van der Waals surface area contributed by atoms with E-state index >= 15 is 0 Å². The fraction of sp³-hybridized carbons (Fsp3) is 0.0833. The van der Waals surface area contributed by atoms with Gasteiger partial charge in [0.1, 0.15) is 11.6 Å². The first-order valence-corrected chi connectivity index (χ1v) is 11.9. The molecule has 0 radical (unpaired) electrons. The Morgan fingerprint density at radius 3 is 2.55 bits per heavy atom. The Hall–Kier alpha value is -3.16. The molecule has 0 fully saturated rings. The molecule has 0 saturated heterocycles. The Morgan fingerprint density at radius 2 is 1.77 bits per heavy atom. The molecule has 1 aliphatic heterocycles. The first kappa shape index (κ1) is 19.8. The lowest BCUT2D eigenvalue weighted by atomic mass is 9.94. The number of hydrogen-bond donors (Lipinski definition) is 0. The van der Waals surface area contributed by atoms with Crippen LogP contribution in [-0.4, -0.2) is 15.5 Å². The highest BCUT2D eigenvalue weighted by Crippen LogP contribution is 2.50. The van der Waals surface area contributed by atoms with Gasteiger partial charge >= 0.3 is 0 Å². The van der Waals surface area contributed by atoms with Gasteiger partial charge in [-0.3, -0.25) is 4.31 Å². The number of rotatable bonds is 4. The van der Waals surface area contributed by atoms with Crippen molar-refractivity contribution in [3.8, 4) is 27.3 Å². The largest absolute Gasteiger partial charge is 0.497 e. The molecule has 0 atom stereocenters. The molecule has 0 unspecified atom stereocenters. The number of thiophene rings is 1. The number of halogens is 1. The van der Waals surface area contributed by atoms with E-state index in [1.165, 1.54) is 39.9 Å². The predicted molar refractivity (Wildman–Crippen MR) is 122 cm³/mol. The van der Waals surface area contributed by atoms with Gasteiger partial charge in [0, 0.05) is 15.8 Å². The summed E-state index contributed by atoms with van der Waals surface area (Å²) in [5.74, 6) is 0.263. The molecule has 2 heterocycles. The normalized spacial score (nSPS) is 12.9. The van der Waals surface area contributed by atoms with Gasteiger partial charge in [0.15, 0.2) is 0 Å². The average molecular weight is 452 g/mol. The summed E-state index contributed by atoms with van der Waals surface area (Å²) in [6, 6.07) is 20.5. The number of nitrogens with zero attached hydrogens (tertiary/aromatic N) is 1. The van der Waals surface area contributed by atoms with Crippen LogP contribution in [0.5, 0.6) is 5.75 Å². The van der Waals surface area contributed by atoms with Gasteiger partial charge in [-0.05, 0) is 53.1 Å². The fourth-order valence-corrected chi connectivity index (χ4v) is 6.44. The third-order valence-electron chi connectivity index (χ3n) is 5.37. The van der Waals surface area contributed by atoms with E-state index in [-0.39, 0.29) is 11.4 Å². The maximum atomic E-state index is 13.5. The van der Waals surface area contributed by atoms with Gasteiger partial charge in [0.05, 0.1) is 24.2 Å². The van der Waals surface area contributed by atoms with Crippen molar-refractivity contribution in [1.29, 1.82) is 0 Å². The Balaban J connectivity index is 1.71. The monoisotopic (exact) mass is 451 g/mol. The molecule has 7 heteroatoms. The second-order valence-corrected chi connectivity index (χ2v) is 9.92. The summed E-state index contributed by atoms with van der Waals surface area (Å²) in [5.41, 5.74) is 4.41. The first-order chi connectivity index (χ1) is 15.0. The molecule has 0 saturated carbocycles. The van der Waals surface area contributed by atoms with Gasteiger partial charge in [0.25, 0.3) is 10.0 Å². The van der Waals surface area contributed by atoms with E-state index in [1.54, 1.807) is 7.11 Å². The van der Waals surface area contributed by atoms with Crippen LogP contribution in [0.2, 0.25) is 0 Å². The number of sulfonamides is 1. The van der Waals surface area contributed by atoms with Crippen LogP contribution in [0.4, 0.5) is 10.1 Å². The number of ether oxygens (including phenoxy) is 1. The van der Waals surface area contributed by atoms with Crippen LogP contribution in [-0.2, 0) is 16.6 Å². The van der Waals surface area contributed by atoms with Crippen LogP contribution < -0.4 is 9.04 Å². The third kappa shape index (κ3) is 3.30. The van der Waals surface area contributed by atoms with Crippen molar-refractivity contribution in [2.45, 2.75) is 11.4 Å². The van der Waals surface area contributed by atoms with Crippen molar-refractivity contribution < 1.29 is 17.5 Å². The van der Waals surface area contributed by atoms with Crippen LogP contribution in [0.1, 0.15) is 5.56 Å². The smallest absolute Gasteiger partial charge is 0.264 e. The van der Waals surface area contributed by atoms with Crippen molar-refractivity contribution in [1.82, 2.24) is 0 Å². The van der Waals surface area contributed by atoms with Gasteiger partial charge in [-0.15, -0.1) is 11.3 Å². The van der Waals surface area contributed by atoms with Crippen LogP contribution in [0.25, 0.3) is 21.6 Å². The van der Waals surface area contributed by atoms with Gasteiger partial charge in [-0.2, -0.15) is 0 Å². The van der Waals surface area contributed by atoms with E-state index < -0.39 is 15.8 Å². The zero-order chi connectivity index (χ0) is 21.6. The summed E-state index contributed by atoms with van der Waals surface area (Å²) in [6.45, 7) is 0.219. The Kier molecular flexibility index (Phi) is 4.79. The van der Waals surface area contributed by atoms with Crippen molar-refractivity contribution in [3.05, 3.63) is 89.6 Å². The lowest BCUT2D eigenvalue weighted by Gasteiger charge is -2.30. The number of hydrogen-bond acceptors (Lipinski definition) is 4. The molecule has 1 aromatic heterocycles. The van der Waals surface area contributed by atoms with Gasteiger partial charge in [-0.1, -0.05) is 36.4 Å². The Morgan fingerprint density at radius 1 is 1.00 bits per heavy atom. The summed E-state index contributed by atoms with van der Waals surface area (Å²) in [6.07, 6.45) is 0. The molecular weight excluding hydrogens is 433 g/mol. The van der Waals surface area contributed by atoms with Crippen molar-refractivity contribution in [2.24, 2.45) is 0 Å². The molecule has 0 bridgehead atoms. The molecule has 0 spiro atoms. The van der Waals surface area contributed by atoms with Crippen molar-refractivity contribution >= 4 is 27.0 Å². The molecule has 5 rings (SSSR count). The van der Waals surface area contributed by atoms with Crippen molar-refractivity contribution in [2.75, 3.05) is 11.4 Å². The third-order valence-corrected chi connectivity index (χ3v) is 8.17. The average Bonchev–Trinajstić information content (AvgIpc) is 3.24. The molecule has 31 heavy (non-hydrogen) atoms. The number of benzene rings is 3. The van der Waals surface area contributed by atoms with Crippen LogP contribution in [0.3, 0.4) is 0 Å². The van der Waals surface area contributed by atoms with E-state index in [4.69, 9.17) is 4.74 Å². The Bertz CT molecular complexity index is 1380. The van der Waals surface area contributed by atoms with E-state index in [2.05, 4.69) is 0 Å². The molecule has 0 N–H and O–H groups in total. The number of anilines is 1. The Labute approximate surface area is 184 Å². The SMILES string of the molecule is COc1cccc(-c2scc3c2-c2ccccc2CN3S(=O)(=O)c2ccc(F)cc2)c1. The van der Waals surface area contributed by atoms with E-state index in [1.807, 2.05) is 53.9 Å². The molecule has 156 valence electrons. The van der Waals surface area contributed by atoms with Gasteiger partial charge < -0.3 is 4.74 Å². The quantitative estimate of drug-likeness (QED) is 0.386. The number of methoxy groups -OCH3 is 1. The predicted octanol–water partition coefficient (Wildman–Crippen LogP) is 5.94. The molecule has 0 amide bonds. The molecule has 1 aliphatic rings. The molecule has 0 aliphatic carbocycles. The maximum absolute atomic E-state index is 13.5. The second kappa shape index (κ2) is 7.51. The maximum Gasteiger partial charge on any atom is 0.264 e. The molecular formula is C24H18FNO3S2. The minimum absolute atomic E-state index is 0.0633. The highest BCUT2D eigenvalue weighted by atomic mass is 32.2. The van der Waals surface area contributed by atoms with E-state index in [0.717, 1.165) is 32.9 Å². The summed E-state index contributed by atoms with van der Waals surface area (Å²) >= 11 is 1.50. The summed E-state index contributed by atoms with van der Waals surface area (Å²) in [4.78, 5) is 1.04. The lowest BCUT2D eigenvalue weighted by molar-refractivity contribution is 0.415. The molecule has 4 aromatic rings.